The van der Waals surface area contributed by atoms with E-state index in [4.69, 9.17) is 4.74 Å². The first-order valence-corrected chi connectivity index (χ1v) is 10.4. The number of rotatable bonds is 5. The molecule has 0 spiro atoms. The van der Waals surface area contributed by atoms with Gasteiger partial charge in [0.2, 0.25) is 5.95 Å². The Bertz CT molecular complexity index is 1150. The molecule has 1 aliphatic rings. The van der Waals surface area contributed by atoms with Crippen molar-refractivity contribution in [1.82, 2.24) is 19.9 Å². The van der Waals surface area contributed by atoms with Crippen molar-refractivity contribution in [3.05, 3.63) is 59.7 Å². The highest BCUT2D eigenvalue weighted by Gasteiger charge is 2.28. The van der Waals surface area contributed by atoms with Gasteiger partial charge in [-0.3, -0.25) is 4.98 Å². The molecule has 0 N–H and O–H groups in total. The zero-order chi connectivity index (χ0) is 22.9. The van der Waals surface area contributed by atoms with Crippen molar-refractivity contribution in [3.8, 4) is 0 Å². The van der Waals surface area contributed by atoms with Crippen LogP contribution in [0.2, 0.25) is 0 Å². The number of fused-ring (bicyclic) bond motifs is 1. The van der Waals surface area contributed by atoms with Gasteiger partial charge >= 0.3 is 6.18 Å². The lowest BCUT2D eigenvalue weighted by Gasteiger charge is -2.33. The monoisotopic (exact) mass is 443 g/mol. The smallest absolute Gasteiger partial charge is 0.370 e. The van der Waals surface area contributed by atoms with E-state index in [1.165, 1.54) is 0 Å². The molecule has 9 heteroatoms. The van der Waals surface area contributed by atoms with Crippen LogP contribution in [0.4, 0.5) is 19.1 Å². The molecule has 0 unspecified atom stereocenters. The fourth-order valence-corrected chi connectivity index (χ4v) is 3.72. The highest BCUT2D eigenvalue weighted by molar-refractivity contribution is 5.88. The second-order valence-electron chi connectivity index (χ2n) is 7.95. The molecule has 0 aromatic carbocycles. The number of anilines is 1. The lowest BCUT2D eigenvalue weighted by molar-refractivity contribution is -0.133. The van der Waals surface area contributed by atoms with Gasteiger partial charge in [-0.2, -0.15) is 18.2 Å². The first-order valence-electron chi connectivity index (χ1n) is 10.4. The maximum Gasteiger partial charge on any atom is 0.389 e. The number of pyridine rings is 2. The van der Waals surface area contributed by atoms with Crippen molar-refractivity contribution < 1.29 is 17.9 Å². The van der Waals surface area contributed by atoms with Crippen molar-refractivity contribution in [2.45, 2.75) is 39.0 Å². The fourth-order valence-electron chi connectivity index (χ4n) is 3.72. The number of halogens is 3. The predicted octanol–water partition coefficient (Wildman–Crippen LogP) is 4.97. The van der Waals surface area contributed by atoms with E-state index < -0.39 is 12.6 Å². The Morgan fingerprint density at radius 1 is 1.16 bits per heavy atom. The van der Waals surface area contributed by atoms with Gasteiger partial charge in [-0.25, -0.2) is 9.97 Å². The molecule has 1 saturated heterocycles. The molecule has 32 heavy (non-hydrogen) atoms. The molecule has 0 radical (unpaired) electrons. The number of ether oxygens (including phenoxy) is 1. The lowest BCUT2D eigenvalue weighted by Crippen LogP contribution is -2.39. The largest absolute Gasteiger partial charge is 0.389 e. The van der Waals surface area contributed by atoms with Crippen LogP contribution in [-0.2, 0) is 4.74 Å². The van der Waals surface area contributed by atoms with Gasteiger partial charge in [0.25, 0.3) is 0 Å². The number of hydrogen-bond donors (Lipinski definition) is 0. The zero-order valence-corrected chi connectivity index (χ0v) is 18.0. The molecule has 1 fully saturated rings. The van der Waals surface area contributed by atoms with Gasteiger partial charge in [-0.1, -0.05) is 6.58 Å². The first-order chi connectivity index (χ1) is 15.2. The third-order valence-electron chi connectivity index (χ3n) is 5.37. The molecular weight excluding hydrogens is 419 g/mol. The molecular formula is C23H24F3N5O. The van der Waals surface area contributed by atoms with Crippen molar-refractivity contribution in [2.24, 2.45) is 0 Å². The summed E-state index contributed by atoms with van der Waals surface area (Å²) in [6.45, 7) is 9.20. The number of allylic oxidation sites excluding steroid dienone is 1. The average molecular weight is 443 g/mol. The minimum absolute atomic E-state index is 0.188. The van der Waals surface area contributed by atoms with Gasteiger partial charge in [-0.05, 0) is 55.7 Å². The van der Waals surface area contributed by atoms with Crippen molar-refractivity contribution in [2.75, 3.05) is 24.6 Å². The molecule has 6 nitrogen and oxygen atoms in total. The summed E-state index contributed by atoms with van der Waals surface area (Å²) in [4.78, 5) is 20.0. The molecule has 4 rings (SSSR count). The second kappa shape index (κ2) is 8.82. The summed E-state index contributed by atoms with van der Waals surface area (Å²) in [6, 6.07) is 7.47. The van der Waals surface area contributed by atoms with Crippen LogP contribution >= 0.6 is 0 Å². The lowest BCUT2D eigenvalue weighted by atomic mass is 10.0. The Morgan fingerprint density at radius 2 is 1.97 bits per heavy atom. The first kappa shape index (κ1) is 22.1. The number of aromatic nitrogens is 4. The maximum atomic E-state index is 12.8. The minimum atomic E-state index is -4.26. The number of hydrogen-bond acceptors (Lipinski definition) is 6. The fraction of sp³-hybridized carbons (Fsp3) is 0.391. The highest BCUT2D eigenvalue weighted by Crippen LogP contribution is 2.32. The third-order valence-corrected chi connectivity index (χ3v) is 5.37. The number of morpholine rings is 1. The molecule has 1 atom stereocenters. The summed E-state index contributed by atoms with van der Waals surface area (Å²) < 4.78 is 44.3. The number of alkyl halides is 3. The zero-order valence-electron chi connectivity index (χ0n) is 18.0. The van der Waals surface area contributed by atoms with Crippen molar-refractivity contribution in [1.29, 1.82) is 0 Å². The van der Waals surface area contributed by atoms with Gasteiger partial charge in [0.15, 0.2) is 5.65 Å². The summed E-state index contributed by atoms with van der Waals surface area (Å²) in [7, 11) is 0. The topological polar surface area (TPSA) is 64.0 Å². The SMILES string of the molecule is C=C(CCC(F)(F)F)c1nc(N2CCO[C@@H](c3ccnc(C)c3)C2)nc2nc(C)ccc12. The molecule has 3 aromatic rings. The molecule has 1 aliphatic heterocycles. The van der Waals surface area contributed by atoms with E-state index in [2.05, 4.69) is 26.5 Å². The van der Waals surface area contributed by atoms with E-state index in [0.29, 0.717) is 47.9 Å². The standard InChI is InChI=1S/C23H24F3N5O/c1-14(6-8-23(24,25)26)20-18-5-4-15(2)28-21(18)30-22(29-20)31-10-11-32-19(13-31)17-7-9-27-16(3)12-17/h4-5,7,9,12,19H,1,6,8,10-11,13H2,2-3H3/t19-/m1/s1. The van der Waals surface area contributed by atoms with E-state index in [1.54, 1.807) is 18.3 Å². The molecule has 4 heterocycles. The van der Waals surface area contributed by atoms with Gasteiger partial charge < -0.3 is 9.64 Å². The van der Waals surface area contributed by atoms with E-state index >= 15 is 0 Å². The highest BCUT2D eigenvalue weighted by atomic mass is 19.4. The van der Waals surface area contributed by atoms with Crippen LogP contribution in [0.15, 0.2) is 37.0 Å². The van der Waals surface area contributed by atoms with Crippen LogP contribution in [0, 0.1) is 13.8 Å². The Hall–Kier alpha value is -3.07. The van der Waals surface area contributed by atoms with E-state index in [9.17, 15) is 13.2 Å². The van der Waals surface area contributed by atoms with Crippen LogP contribution in [0.5, 0.6) is 0 Å². The van der Waals surface area contributed by atoms with Crippen molar-refractivity contribution in [3.63, 3.8) is 0 Å². The predicted molar refractivity (Wildman–Crippen MR) is 116 cm³/mol. The van der Waals surface area contributed by atoms with E-state index in [0.717, 1.165) is 17.0 Å². The van der Waals surface area contributed by atoms with Crippen LogP contribution in [-0.4, -0.2) is 45.8 Å². The van der Waals surface area contributed by atoms with Crippen LogP contribution < -0.4 is 4.90 Å². The Kier molecular flexibility index (Phi) is 6.10. The van der Waals surface area contributed by atoms with Crippen LogP contribution in [0.25, 0.3) is 16.6 Å². The number of aryl methyl sites for hydroxylation is 2. The van der Waals surface area contributed by atoms with E-state index in [-0.39, 0.29) is 12.5 Å². The summed E-state index contributed by atoms with van der Waals surface area (Å²) in [5.74, 6) is 0.415. The summed E-state index contributed by atoms with van der Waals surface area (Å²) >= 11 is 0. The van der Waals surface area contributed by atoms with Crippen molar-refractivity contribution >= 4 is 22.6 Å². The molecule has 0 amide bonds. The van der Waals surface area contributed by atoms with Gasteiger partial charge in [-0.15, -0.1) is 0 Å². The quantitative estimate of drug-likeness (QED) is 0.555. The minimum Gasteiger partial charge on any atom is -0.370 e. The van der Waals surface area contributed by atoms with Crippen LogP contribution in [0.3, 0.4) is 0 Å². The Balaban J connectivity index is 1.68. The molecule has 3 aromatic heterocycles. The summed E-state index contributed by atoms with van der Waals surface area (Å²) in [6.07, 6.45) is -3.89. The molecule has 168 valence electrons. The van der Waals surface area contributed by atoms with Gasteiger partial charge in [0.1, 0.15) is 6.10 Å². The van der Waals surface area contributed by atoms with Crippen LogP contribution in [0.1, 0.15) is 41.6 Å². The van der Waals surface area contributed by atoms with E-state index in [1.807, 2.05) is 30.9 Å². The second-order valence-corrected chi connectivity index (χ2v) is 7.95. The normalized spacial score (nSPS) is 17.0. The number of nitrogens with zero attached hydrogens (tertiary/aromatic N) is 5. The summed E-state index contributed by atoms with van der Waals surface area (Å²) in [5.41, 5.74) is 3.84. The summed E-state index contributed by atoms with van der Waals surface area (Å²) in [5, 5.41) is 0.598. The maximum absolute atomic E-state index is 12.8. The molecule has 0 saturated carbocycles. The average Bonchev–Trinajstić information content (AvgIpc) is 2.76. The molecule has 0 aliphatic carbocycles. The van der Waals surface area contributed by atoms with Gasteiger partial charge in [0.05, 0.1) is 18.8 Å². The molecule has 0 bridgehead atoms. The third kappa shape index (κ3) is 5.04. The Morgan fingerprint density at radius 3 is 2.72 bits per heavy atom. The Labute approximate surface area is 184 Å². The van der Waals surface area contributed by atoms with Gasteiger partial charge in [0, 0.05) is 35.9 Å².